The van der Waals surface area contributed by atoms with Gasteiger partial charge in [-0.05, 0) is 98.2 Å². The predicted molar refractivity (Wildman–Crippen MR) is 152 cm³/mol. The van der Waals surface area contributed by atoms with E-state index in [4.69, 9.17) is 9.47 Å². The summed E-state index contributed by atoms with van der Waals surface area (Å²) in [6.07, 6.45) is 13.7. The van der Waals surface area contributed by atoms with Crippen LogP contribution in [0.5, 0.6) is 11.5 Å². The van der Waals surface area contributed by atoms with Crippen molar-refractivity contribution in [3.8, 4) is 11.5 Å². The number of methoxy groups -OCH3 is 1. The summed E-state index contributed by atoms with van der Waals surface area (Å²) >= 11 is 0. The number of aliphatic carboxylic acids is 1. The molecule has 0 spiro atoms. The molecule has 200 valence electrons. The number of piperidine rings is 1. The van der Waals surface area contributed by atoms with E-state index in [0.29, 0.717) is 13.2 Å². The molecule has 0 unspecified atom stereocenters. The Kier molecular flexibility index (Phi) is 7.49. The number of allylic oxidation sites excluding steroid dienone is 5. The third-order valence-corrected chi connectivity index (χ3v) is 8.84. The Morgan fingerprint density at radius 3 is 2.79 bits per heavy atom. The number of fused-ring (bicyclic) bond motifs is 2. The molecule has 2 fully saturated rings. The fraction of sp³-hybridized carbons (Fsp3) is 0.424. The van der Waals surface area contributed by atoms with Crippen molar-refractivity contribution >= 4 is 11.5 Å². The molecule has 5 nitrogen and oxygen atoms in total. The summed E-state index contributed by atoms with van der Waals surface area (Å²) in [6.45, 7) is 9.95. The molecule has 0 amide bonds. The SMILES string of the molecule is C=C/C=C\C=C(/C)c1cccc(COc2cc(OC)c(CN3CCC[C@H]4C[C@]43C(=O)O)c3c2CCC3)c1C. The highest BCUT2D eigenvalue weighted by Crippen LogP contribution is 2.55. The molecule has 3 aliphatic rings. The van der Waals surface area contributed by atoms with Crippen LogP contribution in [0.1, 0.15) is 66.0 Å². The van der Waals surface area contributed by atoms with E-state index in [-0.39, 0.29) is 5.92 Å². The molecule has 0 bridgehead atoms. The second-order valence-electron chi connectivity index (χ2n) is 10.9. The number of hydrogen-bond acceptors (Lipinski definition) is 4. The molecule has 2 aromatic carbocycles. The Balaban J connectivity index is 1.40. The third-order valence-electron chi connectivity index (χ3n) is 8.84. The van der Waals surface area contributed by atoms with E-state index in [1.54, 1.807) is 13.2 Å². The minimum atomic E-state index is -0.680. The largest absolute Gasteiger partial charge is 0.496 e. The number of hydrogen-bond donors (Lipinski definition) is 1. The standard InChI is InChI=1S/C33H39NO4/c1-5-6-7-11-22(2)26-14-8-12-24(23(26)3)21-38-31-18-30(37-4)29(27-15-9-16-28(27)31)20-34-17-10-13-25-19-33(25,34)32(35)36/h5-8,11-12,14,18,25H,1,9-10,13,15-17,19-21H2,2-4H3,(H,35,36)/b7-6-,22-11+/t25-,33+/m0/s1. The number of carboxylic acid groups (broad SMARTS) is 1. The predicted octanol–water partition coefficient (Wildman–Crippen LogP) is 6.66. The van der Waals surface area contributed by atoms with Crippen LogP contribution in [0, 0.1) is 12.8 Å². The van der Waals surface area contributed by atoms with E-state index in [2.05, 4.69) is 49.6 Å². The first-order valence-corrected chi connectivity index (χ1v) is 13.8. The third kappa shape index (κ3) is 4.69. The number of benzene rings is 2. The van der Waals surface area contributed by atoms with E-state index in [0.717, 1.165) is 67.7 Å². The summed E-state index contributed by atoms with van der Waals surface area (Å²) in [4.78, 5) is 14.4. The van der Waals surface area contributed by atoms with Gasteiger partial charge in [-0.15, -0.1) is 0 Å². The first kappa shape index (κ1) is 26.3. The molecular formula is C33H39NO4. The van der Waals surface area contributed by atoms with Crippen LogP contribution in [0.3, 0.4) is 0 Å². The van der Waals surface area contributed by atoms with Crippen molar-refractivity contribution in [1.29, 1.82) is 0 Å². The van der Waals surface area contributed by atoms with Crippen LogP contribution >= 0.6 is 0 Å². The molecule has 2 aromatic rings. The molecule has 5 rings (SSSR count). The van der Waals surface area contributed by atoms with E-state index < -0.39 is 11.5 Å². The lowest BCUT2D eigenvalue weighted by atomic mass is 9.96. The molecule has 1 saturated heterocycles. The highest BCUT2D eigenvalue weighted by atomic mass is 16.5. The molecule has 2 atom stereocenters. The average Bonchev–Trinajstić information content (AvgIpc) is 3.49. The summed E-state index contributed by atoms with van der Waals surface area (Å²) in [5.74, 6) is 1.31. The zero-order valence-corrected chi connectivity index (χ0v) is 22.9. The first-order chi connectivity index (χ1) is 18.4. The number of ether oxygens (including phenoxy) is 2. The monoisotopic (exact) mass is 513 g/mol. The topological polar surface area (TPSA) is 59.0 Å². The zero-order chi connectivity index (χ0) is 26.9. The fourth-order valence-corrected chi connectivity index (χ4v) is 6.65. The second-order valence-corrected chi connectivity index (χ2v) is 10.9. The maximum atomic E-state index is 12.2. The van der Waals surface area contributed by atoms with Gasteiger partial charge < -0.3 is 14.6 Å². The molecule has 0 aromatic heterocycles. The van der Waals surface area contributed by atoms with Crippen molar-refractivity contribution in [3.05, 3.63) is 88.5 Å². The van der Waals surface area contributed by atoms with Crippen LogP contribution in [0.4, 0.5) is 0 Å². The van der Waals surface area contributed by atoms with Crippen molar-refractivity contribution in [3.63, 3.8) is 0 Å². The lowest BCUT2D eigenvalue weighted by Gasteiger charge is -2.34. The highest BCUT2D eigenvalue weighted by Gasteiger charge is 2.65. The molecule has 1 N–H and O–H groups in total. The zero-order valence-electron chi connectivity index (χ0n) is 22.9. The van der Waals surface area contributed by atoms with E-state index in [1.165, 1.54) is 27.8 Å². The first-order valence-electron chi connectivity index (χ1n) is 13.8. The van der Waals surface area contributed by atoms with E-state index in [1.807, 2.05) is 18.2 Å². The molecule has 1 saturated carbocycles. The number of likely N-dealkylation sites (tertiary alicyclic amines) is 1. The van der Waals surface area contributed by atoms with Crippen molar-refractivity contribution in [2.75, 3.05) is 13.7 Å². The molecule has 5 heteroatoms. The Bertz CT molecular complexity index is 1310. The molecule has 1 aliphatic heterocycles. The fourth-order valence-electron chi connectivity index (χ4n) is 6.65. The van der Waals surface area contributed by atoms with Gasteiger partial charge in [0.05, 0.1) is 7.11 Å². The van der Waals surface area contributed by atoms with Gasteiger partial charge in [0.25, 0.3) is 0 Å². The van der Waals surface area contributed by atoms with Crippen LogP contribution in [0.2, 0.25) is 0 Å². The lowest BCUT2D eigenvalue weighted by Crippen LogP contribution is -2.47. The van der Waals surface area contributed by atoms with Gasteiger partial charge in [-0.3, -0.25) is 9.69 Å². The van der Waals surface area contributed by atoms with Gasteiger partial charge >= 0.3 is 5.97 Å². The molecule has 0 radical (unpaired) electrons. The molecule has 1 heterocycles. The Morgan fingerprint density at radius 1 is 1.21 bits per heavy atom. The maximum Gasteiger partial charge on any atom is 0.324 e. The smallest absolute Gasteiger partial charge is 0.324 e. The number of nitrogens with zero attached hydrogens (tertiary/aromatic N) is 1. The van der Waals surface area contributed by atoms with Gasteiger partial charge in [-0.25, -0.2) is 0 Å². The van der Waals surface area contributed by atoms with Gasteiger partial charge in [0.1, 0.15) is 23.6 Å². The second kappa shape index (κ2) is 10.8. The summed E-state index contributed by atoms with van der Waals surface area (Å²) in [6, 6.07) is 8.40. The van der Waals surface area contributed by atoms with Crippen molar-refractivity contribution in [2.45, 2.75) is 71.1 Å². The van der Waals surface area contributed by atoms with Crippen LogP contribution in [-0.2, 0) is 30.8 Å². The number of carboxylic acids is 1. The Labute approximate surface area is 226 Å². The normalized spacial score (nSPS) is 22.7. The van der Waals surface area contributed by atoms with Crippen LogP contribution in [0.15, 0.2) is 55.1 Å². The number of rotatable bonds is 10. The van der Waals surface area contributed by atoms with Gasteiger partial charge in [-0.1, -0.05) is 49.1 Å². The van der Waals surface area contributed by atoms with Gasteiger partial charge in [0, 0.05) is 18.2 Å². The molecule has 2 aliphatic carbocycles. The van der Waals surface area contributed by atoms with Gasteiger partial charge in [0.2, 0.25) is 0 Å². The Morgan fingerprint density at radius 2 is 2.03 bits per heavy atom. The van der Waals surface area contributed by atoms with Gasteiger partial charge in [-0.2, -0.15) is 0 Å². The minimum absolute atomic E-state index is 0.283. The van der Waals surface area contributed by atoms with Crippen molar-refractivity contribution < 1.29 is 19.4 Å². The number of carbonyl (C=O) groups is 1. The van der Waals surface area contributed by atoms with E-state index in [9.17, 15) is 9.90 Å². The lowest BCUT2D eigenvalue weighted by molar-refractivity contribution is -0.147. The minimum Gasteiger partial charge on any atom is -0.496 e. The molecular weight excluding hydrogens is 474 g/mol. The average molecular weight is 514 g/mol. The Hall–Kier alpha value is -3.31. The van der Waals surface area contributed by atoms with Crippen LogP contribution in [0.25, 0.3) is 5.57 Å². The van der Waals surface area contributed by atoms with E-state index >= 15 is 0 Å². The van der Waals surface area contributed by atoms with Crippen LogP contribution < -0.4 is 9.47 Å². The van der Waals surface area contributed by atoms with Crippen LogP contribution in [-0.4, -0.2) is 35.2 Å². The summed E-state index contributed by atoms with van der Waals surface area (Å²) < 4.78 is 12.4. The molecule has 38 heavy (non-hydrogen) atoms. The summed E-state index contributed by atoms with van der Waals surface area (Å²) in [5, 5.41) is 10.1. The quantitative estimate of drug-likeness (QED) is 0.360. The maximum absolute atomic E-state index is 12.2. The van der Waals surface area contributed by atoms with Gasteiger partial charge in [0.15, 0.2) is 0 Å². The summed E-state index contributed by atoms with van der Waals surface area (Å²) in [5.41, 5.74) is 7.81. The van der Waals surface area contributed by atoms with Crippen molar-refractivity contribution in [1.82, 2.24) is 4.90 Å². The highest BCUT2D eigenvalue weighted by molar-refractivity contribution is 5.83. The van der Waals surface area contributed by atoms with Crippen molar-refractivity contribution in [2.24, 2.45) is 5.92 Å². The summed E-state index contributed by atoms with van der Waals surface area (Å²) in [7, 11) is 1.70.